The molecule has 0 aliphatic carbocycles. The maximum Gasteiger partial charge on any atom is 0.234 e. The molecule has 1 heterocycles. The van der Waals surface area contributed by atoms with Crippen LogP contribution in [0.2, 0.25) is 0 Å². The minimum absolute atomic E-state index is 0.0449. The fourth-order valence-corrected chi connectivity index (χ4v) is 4.07. The van der Waals surface area contributed by atoms with E-state index in [1.807, 2.05) is 53.2 Å². The number of nitrogens with zero attached hydrogens (tertiary/aromatic N) is 2. The van der Waals surface area contributed by atoms with E-state index >= 15 is 0 Å². The summed E-state index contributed by atoms with van der Waals surface area (Å²) in [7, 11) is 0. The van der Waals surface area contributed by atoms with Crippen molar-refractivity contribution in [3.63, 3.8) is 0 Å². The van der Waals surface area contributed by atoms with E-state index in [-0.39, 0.29) is 5.91 Å². The summed E-state index contributed by atoms with van der Waals surface area (Å²) in [6.07, 6.45) is 3.70. The number of carbonyl (C=O) groups is 1. The Kier molecular flexibility index (Phi) is 5.17. The number of amides is 1. The number of rotatable bonds is 5. The molecule has 0 aliphatic heterocycles. The number of anilines is 1. The van der Waals surface area contributed by atoms with Gasteiger partial charge in [0.15, 0.2) is 5.16 Å². The third-order valence-electron chi connectivity index (χ3n) is 4.61. The lowest BCUT2D eigenvalue weighted by Gasteiger charge is -2.12. The summed E-state index contributed by atoms with van der Waals surface area (Å²) >= 11 is 1.43. The van der Waals surface area contributed by atoms with Gasteiger partial charge in [0.05, 0.1) is 11.4 Å². The highest BCUT2D eigenvalue weighted by Gasteiger charge is 2.12. The first-order chi connectivity index (χ1) is 13.6. The smallest absolute Gasteiger partial charge is 0.234 e. The van der Waals surface area contributed by atoms with Gasteiger partial charge in [-0.05, 0) is 36.9 Å². The van der Waals surface area contributed by atoms with Crippen molar-refractivity contribution in [3.05, 3.63) is 84.2 Å². The first kappa shape index (κ1) is 18.3. The van der Waals surface area contributed by atoms with Crippen molar-refractivity contribution in [3.8, 4) is 5.69 Å². The first-order valence-corrected chi connectivity index (χ1v) is 10.1. The fourth-order valence-electron chi connectivity index (χ4n) is 3.31. The molecule has 0 spiro atoms. The molecule has 3 aromatic carbocycles. The second-order valence-corrected chi connectivity index (χ2v) is 7.68. The van der Waals surface area contributed by atoms with E-state index in [0.29, 0.717) is 5.75 Å². The molecule has 1 amide bonds. The van der Waals surface area contributed by atoms with E-state index in [9.17, 15) is 4.79 Å². The van der Waals surface area contributed by atoms with Crippen LogP contribution in [-0.2, 0) is 4.79 Å². The molecule has 140 valence electrons. The molecule has 28 heavy (non-hydrogen) atoms. The van der Waals surface area contributed by atoms with Gasteiger partial charge >= 0.3 is 0 Å². The zero-order valence-electron chi connectivity index (χ0n) is 15.8. The molecule has 4 nitrogen and oxygen atoms in total. The number of fused-ring (bicyclic) bond motifs is 1. The van der Waals surface area contributed by atoms with Crippen LogP contribution in [-0.4, -0.2) is 21.2 Å². The molecule has 4 rings (SSSR count). The van der Waals surface area contributed by atoms with Crippen molar-refractivity contribution in [2.75, 3.05) is 11.1 Å². The molecular formula is C23H21N3OS. The van der Waals surface area contributed by atoms with Gasteiger partial charge in [-0.25, -0.2) is 4.98 Å². The fraction of sp³-hybridized carbons (Fsp3) is 0.130. The van der Waals surface area contributed by atoms with Gasteiger partial charge in [0.25, 0.3) is 0 Å². The minimum Gasteiger partial charge on any atom is -0.325 e. The van der Waals surface area contributed by atoms with Crippen LogP contribution in [0.4, 0.5) is 5.69 Å². The zero-order chi connectivity index (χ0) is 19.5. The molecule has 0 radical (unpaired) electrons. The van der Waals surface area contributed by atoms with E-state index in [2.05, 4.69) is 42.3 Å². The lowest BCUT2D eigenvalue weighted by atomic mass is 10.1. The highest BCUT2D eigenvalue weighted by molar-refractivity contribution is 7.99. The monoisotopic (exact) mass is 387 g/mol. The average molecular weight is 388 g/mol. The number of aryl methyl sites for hydroxylation is 2. The predicted octanol–water partition coefficient (Wildman–Crippen LogP) is 5.37. The van der Waals surface area contributed by atoms with Gasteiger partial charge in [0.2, 0.25) is 5.91 Å². The summed E-state index contributed by atoms with van der Waals surface area (Å²) in [4.78, 5) is 17.0. The van der Waals surface area contributed by atoms with Gasteiger partial charge in [0, 0.05) is 23.5 Å². The number of benzene rings is 3. The third kappa shape index (κ3) is 3.80. The largest absolute Gasteiger partial charge is 0.325 e. The Hall–Kier alpha value is -3.05. The topological polar surface area (TPSA) is 46.9 Å². The number of hydrogen-bond acceptors (Lipinski definition) is 3. The minimum atomic E-state index is -0.0449. The first-order valence-electron chi connectivity index (χ1n) is 9.13. The lowest BCUT2D eigenvalue weighted by Crippen LogP contribution is -2.14. The number of imidazole rings is 1. The van der Waals surface area contributed by atoms with Gasteiger partial charge in [-0.2, -0.15) is 0 Å². The second-order valence-electron chi connectivity index (χ2n) is 6.73. The van der Waals surface area contributed by atoms with Crippen molar-refractivity contribution in [2.24, 2.45) is 0 Å². The lowest BCUT2D eigenvalue weighted by molar-refractivity contribution is -0.113. The summed E-state index contributed by atoms with van der Waals surface area (Å²) in [6, 6.07) is 20.3. The predicted molar refractivity (Wildman–Crippen MR) is 116 cm³/mol. The molecule has 0 atom stereocenters. The molecule has 0 saturated heterocycles. The van der Waals surface area contributed by atoms with E-state index in [1.165, 1.54) is 22.9 Å². The van der Waals surface area contributed by atoms with E-state index in [4.69, 9.17) is 0 Å². The number of carbonyl (C=O) groups excluding carboxylic acids is 1. The van der Waals surface area contributed by atoms with Crippen LogP contribution in [0.25, 0.3) is 16.5 Å². The molecule has 0 bridgehead atoms. The highest BCUT2D eigenvalue weighted by Crippen LogP contribution is 2.25. The van der Waals surface area contributed by atoms with Crippen LogP contribution in [0.3, 0.4) is 0 Å². The van der Waals surface area contributed by atoms with Crippen LogP contribution >= 0.6 is 11.8 Å². The summed E-state index contributed by atoms with van der Waals surface area (Å²) in [6.45, 7) is 4.17. The van der Waals surface area contributed by atoms with Gasteiger partial charge in [-0.15, -0.1) is 0 Å². The average Bonchev–Trinajstić information content (AvgIpc) is 3.15. The van der Waals surface area contributed by atoms with E-state index in [0.717, 1.165) is 27.3 Å². The quantitative estimate of drug-likeness (QED) is 0.468. The van der Waals surface area contributed by atoms with Crippen molar-refractivity contribution in [1.82, 2.24) is 9.55 Å². The Morgan fingerprint density at radius 2 is 1.89 bits per heavy atom. The van der Waals surface area contributed by atoms with Crippen molar-refractivity contribution in [1.29, 1.82) is 0 Å². The molecule has 1 N–H and O–H groups in total. The molecule has 1 aromatic heterocycles. The van der Waals surface area contributed by atoms with Crippen LogP contribution in [0.15, 0.2) is 78.2 Å². The zero-order valence-corrected chi connectivity index (χ0v) is 16.7. The third-order valence-corrected chi connectivity index (χ3v) is 5.58. The maximum atomic E-state index is 12.5. The van der Waals surface area contributed by atoms with Gasteiger partial charge in [0.1, 0.15) is 0 Å². The summed E-state index contributed by atoms with van der Waals surface area (Å²) in [5.41, 5.74) is 4.33. The molecule has 0 fully saturated rings. The summed E-state index contributed by atoms with van der Waals surface area (Å²) < 4.78 is 2.03. The Labute approximate surface area is 168 Å². The number of thioether (sulfide) groups is 1. The summed E-state index contributed by atoms with van der Waals surface area (Å²) in [5, 5.41) is 5.99. The molecule has 5 heteroatoms. The summed E-state index contributed by atoms with van der Waals surface area (Å²) in [5.74, 6) is 0.252. The van der Waals surface area contributed by atoms with Crippen LogP contribution in [0.5, 0.6) is 0 Å². The SMILES string of the molecule is Cc1ccc(-n2ccnc2SCC(=O)Nc2cccc3ccccc23)c(C)c1. The van der Waals surface area contributed by atoms with Gasteiger partial charge < -0.3 is 5.32 Å². The van der Waals surface area contributed by atoms with Gasteiger partial charge in [-0.3, -0.25) is 9.36 Å². The number of aromatic nitrogens is 2. The number of hydrogen-bond donors (Lipinski definition) is 1. The van der Waals surface area contributed by atoms with Crippen LogP contribution in [0.1, 0.15) is 11.1 Å². The van der Waals surface area contributed by atoms with Crippen molar-refractivity contribution >= 4 is 34.1 Å². The van der Waals surface area contributed by atoms with Gasteiger partial charge in [-0.1, -0.05) is 65.9 Å². The number of nitrogens with one attached hydrogen (secondary N) is 1. The van der Waals surface area contributed by atoms with Crippen LogP contribution < -0.4 is 5.32 Å². The molecule has 0 saturated carbocycles. The Balaban J connectivity index is 1.48. The maximum absolute atomic E-state index is 12.5. The molecule has 4 aromatic rings. The highest BCUT2D eigenvalue weighted by atomic mass is 32.2. The molecule has 0 unspecified atom stereocenters. The molecular weight excluding hydrogens is 366 g/mol. The van der Waals surface area contributed by atoms with Crippen molar-refractivity contribution < 1.29 is 4.79 Å². The Bertz CT molecular complexity index is 1140. The standard InChI is InChI=1S/C23H21N3OS/c1-16-10-11-21(17(2)14-16)26-13-12-24-23(26)28-15-22(27)25-20-9-5-7-18-6-3-4-8-19(18)20/h3-14H,15H2,1-2H3,(H,25,27). The Morgan fingerprint density at radius 1 is 1.07 bits per heavy atom. The Morgan fingerprint density at radius 3 is 2.75 bits per heavy atom. The second kappa shape index (κ2) is 7.90. The normalized spacial score (nSPS) is 10.9. The van der Waals surface area contributed by atoms with E-state index < -0.39 is 0 Å². The van der Waals surface area contributed by atoms with Crippen molar-refractivity contribution in [2.45, 2.75) is 19.0 Å². The molecule has 0 aliphatic rings. The van der Waals surface area contributed by atoms with E-state index in [1.54, 1.807) is 6.20 Å². The van der Waals surface area contributed by atoms with Crippen LogP contribution in [0, 0.1) is 13.8 Å².